The summed E-state index contributed by atoms with van der Waals surface area (Å²) in [7, 11) is 1.63. The Bertz CT molecular complexity index is 558. The molecule has 2 aliphatic rings. The number of esters is 1. The van der Waals surface area contributed by atoms with Gasteiger partial charge in [0, 0.05) is 13.0 Å². The minimum absolute atomic E-state index is 0.128. The molecule has 1 heterocycles. The van der Waals surface area contributed by atoms with Gasteiger partial charge >= 0.3 is 5.97 Å². The van der Waals surface area contributed by atoms with Gasteiger partial charge in [0.05, 0.1) is 18.6 Å². The molecule has 0 saturated carbocycles. The molecule has 25 heavy (non-hydrogen) atoms. The molecular formula is C21H32O4. The Hall–Kier alpha value is -1.39. The summed E-state index contributed by atoms with van der Waals surface area (Å²) in [6, 6.07) is 0. The number of rotatable bonds is 2. The fourth-order valence-electron chi connectivity index (χ4n) is 3.80. The van der Waals surface area contributed by atoms with Gasteiger partial charge in [0.25, 0.3) is 0 Å². The molecule has 1 fully saturated rings. The van der Waals surface area contributed by atoms with Crippen molar-refractivity contribution in [3.05, 3.63) is 34.9 Å². The summed E-state index contributed by atoms with van der Waals surface area (Å²) in [6.07, 6.45) is 9.93. The SMILES string of the molecule is COCC1C(=O)O[C@H]2/C=C(\C)C[C@@H](O)/C=C(\C)CC/C=C(\C)CC[C@H]12. The van der Waals surface area contributed by atoms with Crippen LogP contribution in [0.1, 0.15) is 52.9 Å². The van der Waals surface area contributed by atoms with E-state index >= 15 is 0 Å². The molecule has 0 radical (unpaired) electrons. The number of carbonyl (C=O) groups excluding carboxylic acids is 1. The van der Waals surface area contributed by atoms with Crippen LogP contribution < -0.4 is 0 Å². The van der Waals surface area contributed by atoms with Gasteiger partial charge in [-0.25, -0.2) is 0 Å². The smallest absolute Gasteiger partial charge is 0.312 e. The van der Waals surface area contributed by atoms with E-state index in [4.69, 9.17) is 9.47 Å². The molecule has 1 aliphatic heterocycles. The van der Waals surface area contributed by atoms with Crippen molar-refractivity contribution >= 4 is 5.97 Å². The predicted octanol–water partition coefficient (Wildman–Crippen LogP) is 3.95. The zero-order valence-corrected chi connectivity index (χ0v) is 16.0. The zero-order chi connectivity index (χ0) is 18.4. The molecule has 0 spiro atoms. The maximum atomic E-state index is 12.3. The number of hydrogen-bond donors (Lipinski definition) is 1. The molecule has 0 amide bonds. The highest BCUT2D eigenvalue weighted by atomic mass is 16.6. The summed E-state index contributed by atoms with van der Waals surface area (Å²) in [5.41, 5.74) is 3.62. The van der Waals surface area contributed by atoms with Gasteiger partial charge in [-0.05, 0) is 59.0 Å². The second-order valence-electron chi connectivity index (χ2n) is 7.55. The van der Waals surface area contributed by atoms with Crippen molar-refractivity contribution in [3.8, 4) is 0 Å². The number of aliphatic hydroxyl groups is 1. The largest absolute Gasteiger partial charge is 0.458 e. The molecule has 1 unspecified atom stereocenters. The highest BCUT2D eigenvalue weighted by molar-refractivity contribution is 5.75. The van der Waals surface area contributed by atoms with E-state index in [9.17, 15) is 9.90 Å². The monoisotopic (exact) mass is 348 g/mol. The standard InChI is InChI=1S/C21H32O4/c1-14-6-5-7-15(2)10-17(22)11-16(3)12-20-18(9-8-14)19(13-24-4)21(23)25-20/h6,10,12,17-20,22H,5,7-9,11,13H2,1-4H3/b14-6+,15-10+,16-12+/t17-,18+,19?,20-/m0/s1. The van der Waals surface area contributed by atoms with Crippen LogP contribution >= 0.6 is 0 Å². The fourth-order valence-corrected chi connectivity index (χ4v) is 3.80. The van der Waals surface area contributed by atoms with Crippen molar-refractivity contribution in [3.63, 3.8) is 0 Å². The lowest BCUT2D eigenvalue weighted by Crippen LogP contribution is -2.24. The van der Waals surface area contributed by atoms with E-state index in [2.05, 4.69) is 19.9 Å². The van der Waals surface area contributed by atoms with E-state index in [0.717, 1.165) is 31.3 Å². The minimum Gasteiger partial charge on any atom is -0.458 e. The van der Waals surface area contributed by atoms with Crippen LogP contribution in [0.15, 0.2) is 34.9 Å². The van der Waals surface area contributed by atoms with Gasteiger partial charge in [-0.2, -0.15) is 0 Å². The first-order chi connectivity index (χ1) is 11.9. The average molecular weight is 348 g/mol. The predicted molar refractivity (Wildman–Crippen MR) is 99.1 cm³/mol. The van der Waals surface area contributed by atoms with Crippen molar-refractivity contribution < 1.29 is 19.4 Å². The molecule has 1 aliphatic carbocycles. The number of hydrogen-bond acceptors (Lipinski definition) is 4. The molecule has 4 nitrogen and oxygen atoms in total. The Morgan fingerprint density at radius 1 is 1.16 bits per heavy atom. The first-order valence-corrected chi connectivity index (χ1v) is 9.28. The first kappa shape index (κ1) is 19.9. The molecule has 0 aromatic heterocycles. The third-order valence-electron chi connectivity index (χ3n) is 5.20. The topological polar surface area (TPSA) is 55.8 Å². The number of methoxy groups -OCH3 is 1. The van der Waals surface area contributed by atoms with E-state index in [-0.39, 0.29) is 23.9 Å². The van der Waals surface area contributed by atoms with Crippen LogP contribution in [0.5, 0.6) is 0 Å². The maximum Gasteiger partial charge on any atom is 0.312 e. The van der Waals surface area contributed by atoms with E-state index in [0.29, 0.717) is 13.0 Å². The van der Waals surface area contributed by atoms with Crippen LogP contribution in [0.3, 0.4) is 0 Å². The van der Waals surface area contributed by atoms with Gasteiger partial charge in [0.2, 0.25) is 0 Å². The average Bonchev–Trinajstić information content (AvgIpc) is 2.79. The van der Waals surface area contributed by atoms with Crippen LogP contribution in [0, 0.1) is 11.8 Å². The lowest BCUT2D eigenvalue weighted by Gasteiger charge is -2.20. The number of aliphatic hydroxyl groups excluding tert-OH is 1. The Morgan fingerprint density at radius 3 is 2.64 bits per heavy atom. The number of ether oxygens (including phenoxy) is 2. The zero-order valence-electron chi connectivity index (χ0n) is 16.0. The van der Waals surface area contributed by atoms with E-state index in [1.807, 2.05) is 19.1 Å². The van der Waals surface area contributed by atoms with Crippen LogP contribution in [-0.4, -0.2) is 37.0 Å². The third kappa shape index (κ3) is 5.82. The highest BCUT2D eigenvalue weighted by Gasteiger charge is 2.43. The van der Waals surface area contributed by atoms with Crippen LogP contribution in [0.25, 0.3) is 0 Å². The summed E-state index contributed by atoms with van der Waals surface area (Å²) in [5, 5.41) is 10.3. The summed E-state index contributed by atoms with van der Waals surface area (Å²) in [6.45, 7) is 6.62. The lowest BCUT2D eigenvalue weighted by molar-refractivity contribution is -0.144. The van der Waals surface area contributed by atoms with Gasteiger partial charge in [-0.3, -0.25) is 4.79 Å². The fraction of sp³-hybridized carbons (Fsp3) is 0.667. The number of fused-ring (bicyclic) bond motifs is 1. The van der Waals surface area contributed by atoms with Crippen molar-refractivity contribution in [1.29, 1.82) is 0 Å². The molecule has 1 saturated heterocycles. The number of carbonyl (C=O) groups is 1. The second kappa shape index (κ2) is 9.35. The third-order valence-corrected chi connectivity index (χ3v) is 5.20. The summed E-state index contributed by atoms with van der Waals surface area (Å²) in [5.74, 6) is -0.238. The molecule has 140 valence electrons. The molecular weight excluding hydrogens is 316 g/mol. The van der Waals surface area contributed by atoms with Crippen molar-refractivity contribution in [1.82, 2.24) is 0 Å². The summed E-state index contributed by atoms with van der Waals surface area (Å²) >= 11 is 0. The van der Waals surface area contributed by atoms with Gasteiger partial charge in [-0.15, -0.1) is 0 Å². The second-order valence-corrected chi connectivity index (χ2v) is 7.55. The van der Waals surface area contributed by atoms with Crippen LogP contribution in [-0.2, 0) is 14.3 Å². The molecule has 2 rings (SSSR count). The summed E-state index contributed by atoms with van der Waals surface area (Å²) in [4.78, 5) is 12.3. The Morgan fingerprint density at radius 2 is 1.92 bits per heavy atom. The van der Waals surface area contributed by atoms with Crippen molar-refractivity contribution in [2.45, 2.75) is 65.1 Å². The molecule has 0 bridgehead atoms. The van der Waals surface area contributed by atoms with Gasteiger partial charge in [-0.1, -0.05) is 28.9 Å². The normalized spacial score (nSPS) is 38.3. The van der Waals surface area contributed by atoms with Crippen molar-refractivity contribution in [2.24, 2.45) is 11.8 Å². The molecule has 0 aromatic carbocycles. The van der Waals surface area contributed by atoms with Crippen LogP contribution in [0.4, 0.5) is 0 Å². The summed E-state index contributed by atoms with van der Waals surface area (Å²) < 4.78 is 10.9. The minimum atomic E-state index is -0.491. The Balaban J connectivity index is 2.26. The Kier molecular flexibility index (Phi) is 7.45. The maximum absolute atomic E-state index is 12.3. The molecule has 4 heteroatoms. The lowest BCUT2D eigenvalue weighted by atomic mass is 9.84. The van der Waals surface area contributed by atoms with Crippen molar-refractivity contribution in [2.75, 3.05) is 13.7 Å². The van der Waals surface area contributed by atoms with E-state index in [1.165, 1.54) is 11.1 Å². The molecule has 4 atom stereocenters. The molecule has 0 aromatic rings. The van der Waals surface area contributed by atoms with Crippen LogP contribution in [0.2, 0.25) is 0 Å². The highest BCUT2D eigenvalue weighted by Crippen LogP contribution is 2.35. The molecule has 1 N–H and O–H groups in total. The first-order valence-electron chi connectivity index (χ1n) is 9.28. The number of allylic oxidation sites excluding steroid dienone is 3. The Labute approximate surface area is 151 Å². The van der Waals surface area contributed by atoms with Gasteiger partial charge in [0.1, 0.15) is 6.10 Å². The van der Waals surface area contributed by atoms with Gasteiger partial charge < -0.3 is 14.6 Å². The van der Waals surface area contributed by atoms with E-state index in [1.54, 1.807) is 7.11 Å². The quantitative estimate of drug-likeness (QED) is 0.606. The van der Waals surface area contributed by atoms with E-state index < -0.39 is 6.10 Å². The van der Waals surface area contributed by atoms with Gasteiger partial charge in [0.15, 0.2) is 0 Å².